The number of rotatable bonds is 4. The predicted molar refractivity (Wildman–Crippen MR) is 68.6 cm³/mol. The zero-order chi connectivity index (χ0) is 13.0. The maximum atomic E-state index is 13.9. The summed E-state index contributed by atoms with van der Waals surface area (Å²) in [5.41, 5.74) is 0.823. The molecule has 0 N–H and O–H groups in total. The van der Waals surface area contributed by atoms with Crippen LogP contribution in [0.15, 0.2) is 18.2 Å². The van der Waals surface area contributed by atoms with Gasteiger partial charge in [-0.3, -0.25) is 4.79 Å². The van der Waals surface area contributed by atoms with E-state index in [9.17, 15) is 9.18 Å². The summed E-state index contributed by atoms with van der Waals surface area (Å²) in [5.74, 6) is -0.336. The van der Waals surface area contributed by atoms with Crippen molar-refractivity contribution in [2.45, 2.75) is 25.9 Å². The van der Waals surface area contributed by atoms with E-state index in [2.05, 4.69) is 0 Å². The number of ether oxygens (including phenoxy) is 1. The van der Waals surface area contributed by atoms with Crippen LogP contribution >= 0.6 is 0 Å². The molecule has 3 nitrogen and oxygen atoms in total. The van der Waals surface area contributed by atoms with Crippen molar-refractivity contribution in [3.63, 3.8) is 0 Å². The van der Waals surface area contributed by atoms with E-state index in [1.54, 1.807) is 12.1 Å². The molecule has 0 bridgehead atoms. The third-order valence-electron chi connectivity index (χ3n) is 3.24. The molecule has 1 aliphatic heterocycles. The molecule has 1 unspecified atom stereocenters. The first-order chi connectivity index (χ1) is 8.76. The second kappa shape index (κ2) is 5.96. The number of benzene rings is 1. The lowest BCUT2D eigenvalue weighted by Gasteiger charge is -2.34. The van der Waals surface area contributed by atoms with E-state index in [4.69, 9.17) is 4.74 Å². The molecule has 18 heavy (non-hydrogen) atoms. The van der Waals surface area contributed by atoms with Gasteiger partial charge in [0.1, 0.15) is 5.82 Å². The van der Waals surface area contributed by atoms with Crippen LogP contribution in [0.5, 0.6) is 0 Å². The van der Waals surface area contributed by atoms with Crippen molar-refractivity contribution < 1.29 is 13.9 Å². The van der Waals surface area contributed by atoms with Crippen molar-refractivity contribution in [3.8, 4) is 0 Å². The van der Waals surface area contributed by atoms with E-state index in [-0.39, 0.29) is 11.9 Å². The molecule has 1 aliphatic rings. The van der Waals surface area contributed by atoms with Crippen LogP contribution in [0.4, 0.5) is 10.1 Å². The molecule has 1 heterocycles. The van der Waals surface area contributed by atoms with E-state index < -0.39 is 0 Å². The van der Waals surface area contributed by atoms with Crippen LogP contribution in [-0.4, -0.2) is 32.1 Å². The zero-order valence-corrected chi connectivity index (χ0v) is 10.6. The zero-order valence-electron chi connectivity index (χ0n) is 10.6. The first-order valence-electron chi connectivity index (χ1n) is 6.36. The van der Waals surface area contributed by atoms with Crippen LogP contribution in [0.2, 0.25) is 0 Å². The average Bonchev–Trinajstić information content (AvgIpc) is 2.39. The Labute approximate surface area is 107 Å². The molecule has 1 aromatic carbocycles. The number of anilines is 1. The minimum absolute atomic E-state index is 0.128. The Morgan fingerprint density at radius 3 is 3.11 bits per heavy atom. The van der Waals surface area contributed by atoms with Crippen LogP contribution in [0.3, 0.4) is 0 Å². The molecule has 98 valence electrons. The Hall–Kier alpha value is -1.42. The lowest BCUT2D eigenvalue weighted by atomic mass is 10.1. The molecule has 0 radical (unpaired) electrons. The van der Waals surface area contributed by atoms with Crippen molar-refractivity contribution in [1.29, 1.82) is 0 Å². The molecule has 0 spiro atoms. The van der Waals surface area contributed by atoms with Gasteiger partial charge in [0.05, 0.1) is 11.8 Å². The molecular weight excluding hydrogens is 233 g/mol. The molecule has 1 fully saturated rings. The monoisotopic (exact) mass is 251 g/mol. The molecule has 0 aromatic heterocycles. The Bertz CT molecular complexity index is 420. The number of para-hydroxylation sites is 1. The van der Waals surface area contributed by atoms with Crippen LogP contribution in [0.25, 0.3) is 0 Å². The third kappa shape index (κ3) is 2.70. The summed E-state index contributed by atoms with van der Waals surface area (Å²) < 4.78 is 19.5. The average molecular weight is 251 g/mol. The molecule has 0 saturated carbocycles. The summed E-state index contributed by atoms with van der Waals surface area (Å²) in [7, 11) is 0. The van der Waals surface area contributed by atoms with Crippen molar-refractivity contribution in [1.82, 2.24) is 0 Å². The van der Waals surface area contributed by atoms with Crippen molar-refractivity contribution >= 4 is 12.0 Å². The Balaban J connectivity index is 2.22. The smallest absolute Gasteiger partial charge is 0.152 e. The molecule has 0 aliphatic carbocycles. The number of piperidine rings is 1. The van der Waals surface area contributed by atoms with Gasteiger partial charge < -0.3 is 9.64 Å². The van der Waals surface area contributed by atoms with Crippen molar-refractivity contribution in [2.24, 2.45) is 0 Å². The SMILES string of the molecule is CCOC1CCCN(c2c(F)cccc2C=O)C1. The summed E-state index contributed by atoms with van der Waals surface area (Å²) in [4.78, 5) is 12.9. The second-order valence-electron chi connectivity index (χ2n) is 4.46. The highest BCUT2D eigenvalue weighted by Gasteiger charge is 2.24. The fraction of sp³-hybridized carbons (Fsp3) is 0.500. The van der Waals surface area contributed by atoms with E-state index >= 15 is 0 Å². The maximum Gasteiger partial charge on any atom is 0.152 e. The number of hydrogen-bond donors (Lipinski definition) is 0. The van der Waals surface area contributed by atoms with Crippen LogP contribution in [0, 0.1) is 5.82 Å². The van der Waals surface area contributed by atoms with Crippen molar-refractivity contribution in [3.05, 3.63) is 29.6 Å². The van der Waals surface area contributed by atoms with Gasteiger partial charge in [-0.1, -0.05) is 6.07 Å². The fourth-order valence-electron chi connectivity index (χ4n) is 2.47. The van der Waals surface area contributed by atoms with Gasteiger partial charge in [0.25, 0.3) is 0 Å². The van der Waals surface area contributed by atoms with Gasteiger partial charge in [0, 0.05) is 25.3 Å². The summed E-state index contributed by atoms with van der Waals surface area (Å²) in [6, 6.07) is 4.61. The molecule has 1 aromatic rings. The maximum absolute atomic E-state index is 13.9. The van der Waals surface area contributed by atoms with E-state index in [1.165, 1.54) is 6.07 Å². The van der Waals surface area contributed by atoms with Gasteiger partial charge >= 0.3 is 0 Å². The summed E-state index contributed by atoms with van der Waals surface area (Å²) in [6.45, 7) is 4.04. The van der Waals surface area contributed by atoms with Crippen LogP contribution in [-0.2, 0) is 4.74 Å². The second-order valence-corrected chi connectivity index (χ2v) is 4.46. The molecule has 0 amide bonds. The van der Waals surface area contributed by atoms with Crippen LogP contribution < -0.4 is 4.90 Å². The molecule has 4 heteroatoms. The normalized spacial score (nSPS) is 19.9. The van der Waals surface area contributed by atoms with Gasteiger partial charge in [0.2, 0.25) is 0 Å². The van der Waals surface area contributed by atoms with Crippen molar-refractivity contribution in [2.75, 3.05) is 24.6 Å². The highest BCUT2D eigenvalue weighted by atomic mass is 19.1. The Kier molecular flexibility index (Phi) is 4.31. The van der Waals surface area contributed by atoms with E-state index in [0.717, 1.165) is 19.4 Å². The standard InChI is InChI=1S/C14H18FNO2/c1-2-18-12-6-4-8-16(9-12)14-11(10-17)5-3-7-13(14)15/h3,5,7,10,12H,2,4,6,8-9H2,1H3. The number of aldehydes is 1. The molecule has 2 rings (SSSR count). The number of carbonyl (C=O) groups is 1. The number of halogens is 1. The molecule has 1 saturated heterocycles. The number of nitrogens with zero attached hydrogens (tertiary/aromatic N) is 1. The van der Waals surface area contributed by atoms with Gasteiger partial charge in [-0.2, -0.15) is 0 Å². The lowest BCUT2D eigenvalue weighted by Crippen LogP contribution is -2.40. The topological polar surface area (TPSA) is 29.5 Å². The predicted octanol–water partition coefficient (Wildman–Crippen LogP) is 2.64. The van der Waals surface area contributed by atoms with E-state index in [1.807, 2.05) is 11.8 Å². The Morgan fingerprint density at radius 1 is 1.56 bits per heavy atom. The number of carbonyl (C=O) groups excluding carboxylic acids is 1. The minimum Gasteiger partial charge on any atom is -0.377 e. The highest BCUT2D eigenvalue weighted by molar-refractivity contribution is 5.84. The van der Waals surface area contributed by atoms with Crippen LogP contribution in [0.1, 0.15) is 30.1 Å². The highest BCUT2D eigenvalue weighted by Crippen LogP contribution is 2.27. The van der Waals surface area contributed by atoms with Gasteiger partial charge in [-0.05, 0) is 31.9 Å². The first-order valence-corrected chi connectivity index (χ1v) is 6.36. The van der Waals surface area contributed by atoms with Gasteiger partial charge in [0.15, 0.2) is 6.29 Å². The van der Waals surface area contributed by atoms with E-state index in [0.29, 0.717) is 30.7 Å². The number of hydrogen-bond acceptors (Lipinski definition) is 3. The third-order valence-corrected chi connectivity index (χ3v) is 3.24. The lowest BCUT2D eigenvalue weighted by molar-refractivity contribution is 0.0525. The molecular formula is C14H18FNO2. The van der Waals surface area contributed by atoms with Gasteiger partial charge in [-0.15, -0.1) is 0 Å². The largest absolute Gasteiger partial charge is 0.377 e. The van der Waals surface area contributed by atoms with Gasteiger partial charge in [-0.25, -0.2) is 4.39 Å². The first kappa shape index (κ1) is 13.0. The summed E-state index contributed by atoms with van der Waals surface area (Å²) >= 11 is 0. The summed E-state index contributed by atoms with van der Waals surface area (Å²) in [5, 5.41) is 0. The minimum atomic E-state index is -0.336. The molecule has 1 atom stereocenters. The fourth-order valence-corrected chi connectivity index (χ4v) is 2.47. The quantitative estimate of drug-likeness (QED) is 0.770. The Morgan fingerprint density at radius 2 is 2.39 bits per heavy atom. The summed E-state index contributed by atoms with van der Waals surface area (Å²) in [6.07, 6.45) is 2.79.